The van der Waals surface area contributed by atoms with E-state index in [1.165, 1.54) is 5.56 Å². The number of hydrogen-bond acceptors (Lipinski definition) is 4. The fourth-order valence-corrected chi connectivity index (χ4v) is 2.61. The van der Waals surface area contributed by atoms with Crippen LogP contribution in [0.25, 0.3) is 0 Å². The summed E-state index contributed by atoms with van der Waals surface area (Å²) in [5, 5.41) is 15.2. The average molecular weight is 310 g/mol. The summed E-state index contributed by atoms with van der Waals surface area (Å²) in [4.78, 5) is 12.5. The first-order valence-electron chi connectivity index (χ1n) is 7.58. The van der Waals surface area contributed by atoms with Crippen molar-refractivity contribution in [3.8, 4) is 5.75 Å². The topological polar surface area (TPSA) is 70.9 Å². The van der Waals surface area contributed by atoms with Gasteiger partial charge in [-0.2, -0.15) is 0 Å². The van der Waals surface area contributed by atoms with Crippen LogP contribution in [-0.2, 0) is 17.6 Å². The normalized spacial score (nSPS) is 18.1. The number of carbonyl (C=O) groups is 1. The molecule has 118 valence electrons. The molecule has 3 rings (SSSR count). The van der Waals surface area contributed by atoms with Crippen LogP contribution in [0.1, 0.15) is 18.1 Å². The van der Waals surface area contributed by atoms with E-state index in [2.05, 4.69) is 17.4 Å². The van der Waals surface area contributed by atoms with Crippen LogP contribution >= 0.6 is 0 Å². The van der Waals surface area contributed by atoms with Crippen molar-refractivity contribution < 1.29 is 14.7 Å². The number of aryl methyl sites for hydroxylation is 1. The summed E-state index contributed by atoms with van der Waals surface area (Å²) in [6.45, 7) is 2.08. The SMILES string of the molecule is CCc1ccc(NC(=O)[C@H]2Cc3ccccc3O/C2=N/O)cc1. The van der Waals surface area contributed by atoms with E-state index in [0.717, 1.165) is 12.0 Å². The molecule has 0 radical (unpaired) electrons. The minimum Gasteiger partial charge on any atom is -0.439 e. The Morgan fingerprint density at radius 3 is 2.70 bits per heavy atom. The lowest BCUT2D eigenvalue weighted by Crippen LogP contribution is -2.37. The smallest absolute Gasteiger partial charge is 0.243 e. The van der Waals surface area contributed by atoms with Gasteiger partial charge in [0.05, 0.1) is 0 Å². The number of amides is 1. The predicted molar refractivity (Wildman–Crippen MR) is 87.9 cm³/mol. The molecule has 0 saturated carbocycles. The van der Waals surface area contributed by atoms with Gasteiger partial charge in [-0.05, 0) is 42.2 Å². The van der Waals surface area contributed by atoms with Crippen LogP contribution in [0.4, 0.5) is 5.69 Å². The Hall–Kier alpha value is -2.82. The molecule has 0 bridgehead atoms. The molecule has 0 saturated heterocycles. The van der Waals surface area contributed by atoms with Crippen molar-refractivity contribution in [1.82, 2.24) is 0 Å². The molecule has 1 heterocycles. The zero-order chi connectivity index (χ0) is 16.2. The number of hydrogen-bond donors (Lipinski definition) is 2. The van der Waals surface area contributed by atoms with E-state index < -0.39 is 5.92 Å². The van der Waals surface area contributed by atoms with Gasteiger partial charge in [-0.25, -0.2) is 0 Å². The summed E-state index contributed by atoms with van der Waals surface area (Å²) < 4.78 is 5.53. The van der Waals surface area contributed by atoms with Gasteiger partial charge in [-0.15, -0.1) is 0 Å². The summed E-state index contributed by atoms with van der Waals surface area (Å²) in [6.07, 6.45) is 1.39. The Balaban J connectivity index is 1.78. The number of nitrogens with zero attached hydrogens (tertiary/aromatic N) is 1. The Kier molecular flexibility index (Phi) is 4.28. The largest absolute Gasteiger partial charge is 0.439 e. The molecule has 1 aliphatic rings. The summed E-state index contributed by atoms with van der Waals surface area (Å²) in [5.74, 6) is -0.264. The standard InChI is InChI=1S/C18H18N2O3/c1-2-12-7-9-14(10-8-12)19-17(21)15-11-13-5-3-4-6-16(13)23-18(15)20-22/h3-10,15,22H,2,11H2,1H3,(H,19,21)/b20-18+/t15-/m1/s1. The molecule has 5 heteroatoms. The van der Waals surface area contributed by atoms with Crippen LogP contribution in [0.3, 0.4) is 0 Å². The van der Waals surface area contributed by atoms with Crippen molar-refractivity contribution in [2.75, 3.05) is 5.32 Å². The molecule has 5 nitrogen and oxygen atoms in total. The number of para-hydroxylation sites is 1. The van der Waals surface area contributed by atoms with Crippen LogP contribution in [0.2, 0.25) is 0 Å². The van der Waals surface area contributed by atoms with E-state index in [0.29, 0.717) is 17.9 Å². The van der Waals surface area contributed by atoms with E-state index in [4.69, 9.17) is 9.94 Å². The minimum absolute atomic E-state index is 0.0198. The Labute approximate surface area is 134 Å². The van der Waals surface area contributed by atoms with Crippen molar-refractivity contribution in [3.05, 3.63) is 59.7 Å². The molecule has 1 atom stereocenters. The van der Waals surface area contributed by atoms with Gasteiger partial charge in [0.25, 0.3) is 0 Å². The highest BCUT2D eigenvalue weighted by molar-refractivity contribution is 6.07. The number of rotatable bonds is 3. The van der Waals surface area contributed by atoms with Crippen molar-refractivity contribution in [3.63, 3.8) is 0 Å². The van der Waals surface area contributed by atoms with E-state index in [1.54, 1.807) is 6.07 Å². The number of anilines is 1. The summed E-state index contributed by atoms with van der Waals surface area (Å²) >= 11 is 0. The second-order valence-corrected chi connectivity index (χ2v) is 5.44. The lowest BCUT2D eigenvalue weighted by atomic mass is 9.95. The molecule has 2 aromatic carbocycles. The third-order valence-electron chi connectivity index (χ3n) is 3.95. The summed E-state index contributed by atoms with van der Waals surface area (Å²) in [7, 11) is 0. The average Bonchev–Trinajstić information content (AvgIpc) is 2.61. The van der Waals surface area contributed by atoms with Gasteiger partial charge in [-0.3, -0.25) is 4.79 Å². The molecule has 2 N–H and O–H groups in total. The van der Waals surface area contributed by atoms with Gasteiger partial charge in [-0.1, -0.05) is 42.4 Å². The fraction of sp³-hybridized carbons (Fsp3) is 0.222. The maximum Gasteiger partial charge on any atom is 0.243 e. The first kappa shape index (κ1) is 15.1. The second-order valence-electron chi connectivity index (χ2n) is 5.44. The van der Waals surface area contributed by atoms with Crippen molar-refractivity contribution in [1.29, 1.82) is 0 Å². The van der Waals surface area contributed by atoms with Gasteiger partial charge in [0.1, 0.15) is 11.7 Å². The summed E-state index contributed by atoms with van der Waals surface area (Å²) in [6, 6.07) is 15.1. The molecular weight excluding hydrogens is 292 g/mol. The fourth-order valence-electron chi connectivity index (χ4n) is 2.61. The molecule has 0 spiro atoms. The molecule has 0 aromatic heterocycles. The first-order valence-corrected chi connectivity index (χ1v) is 7.58. The van der Waals surface area contributed by atoms with Crippen LogP contribution < -0.4 is 10.1 Å². The molecule has 1 amide bonds. The zero-order valence-electron chi connectivity index (χ0n) is 12.8. The van der Waals surface area contributed by atoms with Crippen LogP contribution in [-0.4, -0.2) is 17.0 Å². The number of ether oxygens (including phenoxy) is 1. The maximum absolute atomic E-state index is 12.5. The van der Waals surface area contributed by atoms with Gasteiger partial charge in [0, 0.05) is 5.69 Å². The van der Waals surface area contributed by atoms with Crippen molar-refractivity contribution >= 4 is 17.5 Å². The number of fused-ring (bicyclic) bond motifs is 1. The highest BCUT2D eigenvalue weighted by Gasteiger charge is 2.33. The van der Waals surface area contributed by atoms with Crippen LogP contribution in [0.15, 0.2) is 53.7 Å². The highest BCUT2D eigenvalue weighted by atomic mass is 16.5. The Morgan fingerprint density at radius 2 is 2.00 bits per heavy atom. The number of oxime groups is 1. The molecular formula is C18H18N2O3. The van der Waals surface area contributed by atoms with Gasteiger partial charge < -0.3 is 15.3 Å². The van der Waals surface area contributed by atoms with E-state index in [1.807, 2.05) is 42.5 Å². The number of benzene rings is 2. The van der Waals surface area contributed by atoms with Gasteiger partial charge >= 0.3 is 0 Å². The lowest BCUT2D eigenvalue weighted by Gasteiger charge is -2.24. The predicted octanol–water partition coefficient (Wildman–Crippen LogP) is 3.23. The zero-order valence-corrected chi connectivity index (χ0v) is 12.8. The van der Waals surface area contributed by atoms with Gasteiger partial charge in [0.15, 0.2) is 0 Å². The molecule has 0 aliphatic carbocycles. The monoisotopic (exact) mass is 310 g/mol. The second kappa shape index (κ2) is 6.52. The molecule has 0 unspecified atom stereocenters. The highest BCUT2D eigenvalue weighted by Crippen LogP contribution is 2.29. The number of carbonyl (C=O) groups excluding carboxylic acids is 1. The third kappa shape index (κ3) is 3.18. The Morgan fingerprint density at radius 1 is 1.26 bits per heavy atom. The maximum atomic E-state index is 12.5. The van der Waals surface area contributed by atoms with Crippen LogP contribution in [0, 0.1) is 5.92 Å². The molecule has 23 heavy (non-hydrogen) atoms. The molecule has 0 fully saturated rings. The minimum atomic E-state index is -0.652. The van der Waals surface area contributed by atoms with E-state index >= 15 is 0 Å². The lowest BCUT2D eigenvalue weighted by molar-refractivity contribution is -0.118. The first-order chi connectivity index (χ1) is 11.2. The third-order valence-corrected chi connectivity index (χ3v) is 3.95. The number of nitrogens with one attached hydrogen (secondary N) is 1. The summed E-state index contributed by atoms with van der Waals surface area (Å²) in [5.41, 5.74) is 2.83. The molecule has 2 aromatic rings. The molecule has 1 aliphatic heterocycles. The van der Waals surface area contributed by atoms with Crippen LogP contribution in [0.5, 0.6) is 5.75 Å². The quantitative estimate of drug-likeness (QED) is 0.675. The van der Waals surface area contributed by atoms with Gasteiger partial charge in [0.2, 0.25) is 11.8 Å². The van der Waals surface area contributed by atoms with E-state index in [-0.39, 0.29) is 11.8 Å². The van der Waals surface area contributed by atoms with E-state index in [9.17, 15) is 4.79 Å². The Bertz CT molecular complexity index is 738. The van der Waals surface area contributed by atoms with Crippen molar-refractivity contribution in [2.24, 2.45) is 11.1 Å². The van der Waals surface area contributed by atoms with Crippen molar-refractivity contribution in [2.45, 2.75) is 19.8 Å².